The van der Waals surface area contributed by atoms with E-state index in [-0.39, 0.29) is 5.56 Å². The second-order valence-corrected chi connectivity index (χ2v) is 6.03. The number of hydrogen-bond acceptors (Lipinski definition) is 3. The summed E-state index contributed by atoms with van der Waals surface area (Å²) in [5.41, 5.74) is 1.63. The number of nitrogens with zero attached hydrogens (tertiary/aromatic N) is 2. The summed E-state index contributed by atoms with van der Waals surface area (Å²) in [7, 11) is 0. The van der Waals surface area contributed by atoms with Crippen molar-refractivity contribution in [1.82, 2.24) is 9.55 Å². The number of hydrogen-bond donors (Lipinski definition) is 0. The Kier molecular flexibility index (Phi) is 4.55. The molecule has 1 heterocycles. The fraction of sp³-hybridized carbons (Fsp3) is 0.176. The molecule has 1 aromatic heterocycles. The summed E-state index contributed by atoms with van der Waals surface area (Å²) in [5, 5.41) is 1.63. The van der Waals surface area contributed by atoms with Crippen LogP contribution in [-0.2, 0) is 6.54 Å². The van der Waals surface area contributed by atoms with Crippen molar-refractivity contribution in [3.05, 3.63) is 68.7 Å². The van der Waals surface area contributed by atoms with Crippen LogP contribution < -0.4 is 10.3 Å². The highest BCUT2D eigenvalue weighted by Crippen LogP contribution is 2.27. The standard InChI is InChI=1S/C17H14Cl2N2O2/c1-11-2-5-15-13(8-11)17(22)21(10-20-15)6-7-23-16-9-12(18)3-4-14(16)19/h2-5,8-10H,6-7H2,1H3. The fourth-order valence-corrected chi connectivity index (χ4v) is 2.61. The molecule has 3 rings (SSSR count). The first-order chi connectivity index (χ1) is 11.0. The summed E-state index contributed by atoms with van der Waals surface area (Å²) in [5.74, 6) is 0.497. The molecule has 0 aliphatic rings. The Morgan fingerprint density at radius 1 is 1.17 bits per heavy atom. The lowest BCUT2D eigenvalue weighted by molar-refractivity contribution is 0.296. The van der Waals surface area contributed by atoms with Gasteiger partial charge in [0, 0.05) is 11.1 Å². The molecule has 0 fully saturated rings. The maximum absolute atomic E-state index is 12.5. The van der Waals surface area contributed by atoms with Gasteiger partial charge in [0.05, 0.1) is 28.8 Å². The predicted octanol–water partition coefficient (Wildman–Crippen LogP) is 4.09. The zero-order chi connectivity index (χ0) is 16.4. The van der Waals surface area contributed by atoms with Gasteiger partial charge in [0.15, 0.2) is 0 Å². The maximum Gasteiger partial charge on any atom is 0.261 e. The first-order valence-corrected chi connectivity index (χ1v) is 7.84. The van der Waals surface area contributed by atoms with Crippen molar-refractivity contribution in [3.63, 3.8) is 0 Å². The lowest BCUT2D eigenvalue weighted by atomic mass is 10.2. The molecule has 3 aromatic rings. The molecule has 4 nitrogen and oxygen atoms in total. The highest BCUT2D eigenvalue weighted by molar-refractivity contribution is 6.34. The third-order valence-electron chi connectivity index (χ3n) is 3.46. The van der Waals surface area contributed by atoms with Gasteiger partial charge in [-0.1, -0.05) is 34.8 Å². The van der Waals surface area contributed by atoms with Crippen molar-refractivity contribution in [2.75, 3.05) is 6.61 Å². The molecule has 0 amide bonds. The number of fused-ring (bicyclic) bond motifs is 1. The molecule has 23 heavy (non-hydrogen) atoms. The predicted molar refractivity (Wildman–Crippen MR) is 92.7 cm³/mol. The van der Waals surface area contributed by atoms with E-state index in [2.05, 4.69) is 4.98 Å². The molecule has 0 aliphatic heterocycles. The molecule has 0 spiro atoms. The first-order valence-electron chi connectivity index (χ1n) is 7.08. The zero-order valence-electron chi connectivity index (χ0n) is 12.4. The zero-order valence-corrected chi connectivity index (χ0v) is 13.9. The molecule has 0 bridgehead atoms. The van der Waals surface area contributed by atoms with Gasteiger partial charge in [0.1, 0.15) is 12.4 Å². The van der Waals surface area contributed by atoms with Gasteiger partial charge in [-0.15, -0.1) is 0 Å². The molecule has 6 heteroatoms. The summed E-state index contributed by atoms with van der Waals surface area (Å²) in [6, 6.07) is 10.6. The van der Waals surface area contributed by atoms with Gasteiger partial charge in [-0.25, -0.2) is 4.98 Å². The van der Waals surface area contributed by atoms with Crippen LogP contribution in [-0.4, -0.2) is 16.2 Å². The SMILES string of the molecule is Cc1ccc2ncn(CCOc3cc(Cl)ccc3Cl)c(=O)c2c1. The van der Waals surface area contributed by atoms with Crippen LogP contribution in [0.2, 0.25) is 10.0 Å². The minimum Gasteiger partial charge on any atom is -0.490 e. The van der Waals surface area contributed by atoms with Crippen LogP contribution in [0.25, 0.3) is 10.9 Å². The molecule has 118 valence electrons. The van der Waals surface area contributed by atoms with Crippen molar-refractivity contribution in [2.24, 2.45) is 0 Å². The van der Waals surface area contributed by atoms with E-state index in [1.54, 1.807) is 18.2 Å². The van der Waals surface area contributed by atoms with Crippen molar-refractivity contribution < 1.29 is 4.74 Å². The summed E-state index contributed by atoms with van der Waals surface area (Å²) in [6.45, 7) is 2.61. The van der Waals surface area contributed by atoms with Crippen LogP contribution in [0.1, 0.15) is 5.56 Å². The highest BCUT2D eigenvalue weighted by Gasteiger charge is 2.06. The Balaban J connectivity index is 1.78. The lowest BCUT2D eigenvalue weighted by Gasteiger charge is -2.10. The highest BCUT2D eigenvalue weighted by atomic mass is 35.5. The quantitative estimate of drug-likeness (QED) is 0.713. The van der Waals surface area contributed by atoms with Crippen molar-refractivity contribution in [1.29, 1.82) is 0 Å². The van der Waals surface area contributed by atoms with E-state index in [0.29, 0.717) is 39.8 Å². The molecule has 0 N–H and O–H groups in total. The fourth-order valence-electron chi connectivity index (χ4n) is 2.27. The molecule has 0 atom stereocenters. The van der Waals surface area contributed by atoms with Gasteiger partial charge in [-0.2, -0.15) is 0 Å². The number of benzene rings is 2. The number of rotatable bonds is 4. The van der Waals surface area contributed by atoms with Crippen LogP contribution in [0.15, 0.2) is 47.5 Å². The van der Waals surface area contributed by atoms with E-state index in [1.165, 1.54) is 10.9 Å². The summed E-state index contributed by atoms with van der Waals surface area (Å²) < 4.78 is 7.14. The lowest BCUT2D eigenvalue weighted by Crippen LogP contribution is -2.23. The summed E-state index contributed by atoms with van der Waals surface area (Å²) in [6.07, 6.45) is 1.53. The van der Waals surface area contributed by atoms with Crippen LogP contribution in [0.4, 0.5) is 0 Å². The van der Waals surface area contributed by atoms with E-state index in [1.807, 2.05) is 25.1 Å². The molecule has 0 aliphatic carbocycles. The second-order valence-electron chi connectivity index (χ2n) is 5.19. The molecular formula is C17H14Cl2N2O2. The second kappa shape index (κ2) is 6.60. The largest absolute Gasteiger partial charge is 0.490 e. The van der Waals surface area contributed by atoms with Crippen LogP contribution in [0.3, 0.4) is 0 Å². The van der Waals surface area contributed by atoms with Gasteiger partial charge in [0.2, 0.25) is 0 Å². The van der Waals surface area contributed by atoms with Crippen molar-refractivity contribution in [2.45, 2.75) is 13.5 Å². The molecule has 0 saturated heterocycles. The van der Waals surface area contributed by atoms with Gasteiger partial charge in [-0.05, 0) is 31.2 Å². The average molecular weight is 349 g/mol. The first kappa shape index (κ1) is 15.8. The third-order valence-corrected chi connectivity index (χ3v) is 4.01. The Morgan fingerprint density at radius 3 is 2.83 bits per heavy atom. The van der Waals surface area contributed by atoms with Gasteiger partial charge in [-0.3, -0.25) is 9.36 Å². The van der Waals surface area contributed by atoms with Gasteiger partial charge >= 0.3 is 0 Å². The monoisotopic (exact) mass is 348 g/mol. The summed E-state index contributed by atoms with van der Waals surface area (Å²) in [4.78, 5) is 16.8. The minimum atomic E-state index is -0.0838. The molecule has 0 radical (unpaired) electrons. The Labute approximate surface area is 143 Å². The van der Waals surface area contributed by atoms with Crippen molar-refractivity contribution >= 4 is 34.1 Å². The number of ether oxygens (including phenoxy) is 1. The average Bonchev–Trinajstić information content (AvgIpc) is 2.53. The summed E-state index contributed by atoms with van der Waals surface area (Å²) >= 11 is 12.0. The molecule has 2 aromatic carbocycles. The smallest absolute Gasteiger partial charge is 0.261 e. The molecular weight excluding hydrogens is 335 g/mol. The van der Waals surface area contributed by atoms with Crippen molar-refractivity contribution in [3.8, 4) is 5.75 Å². The van der Waals surface area contributed by atoms with Gasteiger partial charge in [0.25, 0.3) is 5.56 Å². The van der Waals surface area contributed by atoms with E-state index < -0.39 is 0 Å². The van der Waals surface area contributed by atoms with Crippen LogP contribution >= 0.6 is 23.2 Å². The number of halogens is 2. The van der Waals surface area contributed by atoms with E-state index >= 15 is 0 Å². The maximum atomic E-state index is 12.5. The van der Waals surface area contributed by atoms with Crippen LogP contribution in [0.5, 0.6) is 5.75 Å². The Bertz CT molecular complexity index is 922. The van der Waals surface area contributed by atoms with Gasteiger partial charge < -0.3 is 4.74 Å². The Morgan fingerprint density at radius 2 is 2.00 bits per heavy atom. The number of aromatic nitrogens is 2. The normalized spacial score (nSPS) is 10.9. The van der Waals surface area contributed by atoms with Crippen LogP contribution in [0, 0.1) is 6.92 Å². The molecule has 0 unspecified atom stereocenters. The number of aryl methyl sites for hydroxylation is 1. The Hall–Kier alpha value is -2.04. The topological polar surface area (TPSA) is 44.1 Å². The van der Waals surface area contributed by atoms with E-state index in [0.717, 1.165) is 5.56 Å². The minimum absolute atomic E-state index is 0.0838. The van der Waals surface area contributed by atoms with E-state index in [4.69, 9.17) is 27.9 Å². The third kappa shape index (κ3) is 3.49. The molecule has 0 saturated carbocycles. The van der Waals surface area contributed by atoms with E-state index in [9.17, 15) is 4.79 Å².